The van der Waals surface area contributed by atoms with Crippen molar-refractivity contribution in [3.05, 3.63) is 11.7 Å². The number of nitrogens with two attached hydrogens (primary N) is 1. The summed E-state index contributed by atoms with van der Waals surface area (Å²) < 4.78 is 5.23. The highest BCUT2D eigenvalue weighted by Crippen LogP contribution is 2.07. The standard InChI is InChI=1S/C13H26N4O/c1-5-17(6-2)8-7-12-15-13(18-16-12)9-11(14)10(3)4/h10-11H,5-9,14H2,1-4H3. The fraction of sp³-hybridized carbons (Fsp3) is 0.846. The summed E-state index contributed by atoms with van der Waals surface area (Å²) in [4.78, 5) is 6.73. The predicted molar refractivity (Wildman–Crippen MR) is 72.3 cm³/mol. The molecular formula is C13H26N4O. The van der Waals surface area contributed by atoms with Crippen LogP contribution in [0.2, 0.25) is 0 Å². The summed E-state index contributed by atoms with van der Waals surface area (Å²) in [5.41, 5.74) is 5.99. The first-order valence-corrected chi connectivity index (χ1v) is 6.86. The van der Waals surface area contributed by atoms with Crippen LogP contribution in [-0.2, 0) is 12.8 Å². The number of nitrogens with zero attached hydrogens (tertiary/aromatic N) is 3. The van der Waals surface area contributed by atoms with E-state index in [-0.39, 0.29) is 6.04 Å². The lowest BCUT2D eigenvalue weighted by molar-refractivity contribution is 0.302. The van der Waals surface area contributed by atoms with E-state index in [2.05, 4.69) is 42.7 Å². The Balaban J connectivity index is 2.43. The maximum atomic E-state index is 5.99. The van der Waals surface area contributed by atoms with Crippen molar-refractivity contribution in [2.45, 2.75) is 46.6 Å². The molecule has 0 radical (unpaired) electrons. The van der Waals surface area contributed by atoms with Crippen molar-refractivity contribution < 1.29 is 4.52 Å². The van der Waals surface area contributed by atoms with Crippen molar-refractivity contribution in [1.29, 1.82) is 0 Å². The molecule has 0 saturated heterocycles. The summed E-state index contributed by atoms with van der Waals surface area (Å²) in [6, 6.07) is 0.0843. The van der Waals surface area contributed by atoms with E-state index in [9.17, 15) is 0 Å². The molecule has 0 aliphatic carbocycles. The van der Waals surface area contributed by atoms with Crippen LogP contribution in [0.15, 0.2) is 4.52 Å². The second-order valence-corrected chi connectivity index (χ2v) is 4.99. The van der Waals surface area contributed by atoms with Gasteiger partial charge in [0, 0.05) is 25.4 Å². The Bertz CT molecular complexity index is 333. The fourth-order valence-electron chi connectivity index (χ4n) is 1.71. The van der Waals surface area contributed by atoms with E-state index < -0.39 is 0 Å². The summed E-state index contributed by atoms with van der Waals surface area (Å²) in [5.74, 6) is 1.87. The van der Waals surface area contributed by atoms with Gasteiger partial charge in [-0.05, 0) is 19.0 Å². The third-order valence-electron chi connectivity index (χ3n) is 3.32. The zero-order chi connectivity index (χ0) is 13.5. The molecule has 0 aliphatic heterocycles. The van der Waals surface area contributed by atoms with E-state index in [0.717, 1.165) is 31.9 Å². The molecule has 1 aromatic rings. The summed E-state index contributed by atoms with van der Waals surface area (Å²) in [5, 5.41) is 4.00. The third kappa shape index (κ3) is 4.74. The average Bonchev–Trinajstić information content (AvgIpc) is 2.78. The van der Waals surface area contributed by atoms with Gasteiger partial charge in [-0.25, -0.2) is 0 Å². The van der Waals surface area contributed by atoms with Crippen LogP contribution in [0.4, 0.5) is 0 Å². The number of aromatic nitrogens is 2. The number of likely N-dealkylation sites (N-methyl/N-ethyl adjacent to an activating group) is 1. The van der Waals surface area contributed by atoms with Gasteiger partial charge in [-0.3, -0.25) is 0 Å². The molecule has 104 valence electrons. The number of hydrogen-bond donors (Lipinski definition) is 1. The van der Waals surface area contributed by atoms with Gasteiger partial charge < -0.3 is 15.2 Å². The number of rotatable bonds is 8. The summed E-state index contributed by atoms with van der Waals surface area (Å²) in [6.45, 7) is 11.6. The molecule has 0 bridgehead atoms. The van der Waals surface area contributed by atoms with Gasteiger partial charge in [-0.1, -0.05) is 32.9 Å². The highest BCUT2D eigenvalue weighted by atomic mass is 16.5. The van der Waals surface area contributed by atoms with Crippen molar-refractivity contribution in [1.82, 2.24) is 15.0 Å². The minimum absolute atomic E-state index is 0.0843. The van der Waals surface area contributed by atoms with Crippen LogP contribution in [0, 0.1) is 5.92 Å². The molecule has 0 aromatic carbocycles. The average molecular weight is 254 g/mol. The van der Waals surface area contributed by atoms with Gasteiger partial charge in [-0.2, -0.15) is 4.98 Å². The third-order valence-corrected chi connectivity index (χ3v) is 3.32. The molecule has 0 fully saturated rings. The fourth-order valence-corrected chi connectivity index (χ4v) is 1.71. The Morgan fingerprint density at radius 1 is 1.28 bits per heavy atom. The summed E-state index contributed by atoms with van der Waals surface area (Å²) in [7, 11) is 0. The smallest absolute Gasteiger partial charge is 0.228 e. The van der Waals surface area contributed by atoms with Gasteiger partial charge in [0.05, 0.1) is 0 Å². The lowest BCUT2D eigenvalue weighted by atomic mass is 10.0. The van der Waals surface area contributed by atoms with Crippen LogP contribution in [-0.4, -0.2) is 40.7 Å². The molecule has 1 atom stereocenters. The molecule has 5 heteroatoms. The van der Waals surface area contributed by atoms with Crippen molar-refractivity contribution in [3.63, 3.8) is 0 Å². The molecule has 0 aliphatic rings. The molecule has 18 heavy (non-hydrogen) atoms. The van der Waals surface area contributed by atoms with Gasteiger partial charge >= 0.3 is 0 Å². The quantitative estimate of drug-likeness (QED) is 0.761. The Kier molecular flexibility index (Phi) is 6.29. The Morgan fingerprint density at radius 3 is 2.50 bits per heavy atom. The summed E-state index contributed by atoms with van der Waals surface area (Å²) >= 11 is 0. The van der Waals surface area contributed by atoms with Crippen LogP contribution in [0.1, 0.15) is 39.4 Å². The molecule has 1 aromatic heterocycles. The SMILES string of the molecule is CCN(CC)CCc1noc(CC(N)C(C)C)n1. The monoisotopic (exact) mass is 254 g/mol. The Labute approximate surface area is 110 Å². The zero-order valence-electron chi connectivity index (χ0n) is 12.0. The highest BCUT2D eigenvalue weighted by molar-refractivity contribution is 4.90. The maximum absolute atomic E-state index is 5.99. The largest absolute Gasteiger partial charge is 0.339 e. The van der Waals surface area contributed by atoms with Crippen LogP contribution < -0.4 is 5.73 Å². The van der Waals surface area contributed by atoms with E-state index in [0.29, 0.717) is 18.2 Å². The van der Waals surface area contributed by atoms with Crippen molar-refractivity contribution in [2.75, 3.05) is 19.6 Å². The molecule has 0 amide bonds. The highest BCUT2D eigenvalue weighted by Gasteiger charge is 2.14. The van der Waals surface area contributed by atoms with Crippen LogP contribution in [0.25, 0.3) is 0 Å². The lowest BCUT2D eigenvalue weighted by Crippen LogP contribution is -2.28. The Morgan fingerprint density at radius 2 is 1.94 bits per heavy atom. The number of hydrogen-bond acceptors (Lipinski definition) is 5. The van der Waals surface area contributed by atoms with Crippen molar-refractivity contribution in [2.24, 2.45) is 11.7 Å². The zero-order valence-corrected chi connectivity index (χ0v) is 12.0. The minimum atomic E-state index is 0.0843. The van der Waals surface area contributed by atoms with Crippen molar-refractivity contribution in [3.8, 4) is 0 Å². The molecule has 1 heterocycles. The topological polar surface area (TPSA) is 68.2 Å². The van der Waals surface area contributed by atoms with Crippen LogP contribution in [0.5, 0.6) is 0 Å². The van der Waals surface area contributed by atoms with Gasteiger partial charge in [0.2, 0.25) is 5.89 Å². The van der Waals surface area contributed by atoms with Gasteiger partial charge in [0.15, 0.2) is 5.82 Å². The van der Waals surface area contributed by atoms with E-state index >= 15 is 0 Å². The second-order valence-electron chi connectivity index (χ2n) is 4.99. The normalized spacial score (nSPS) is 13.5. The molecular weight excluding hydrogens is 228 g/mol. The van der Waals surface area contributed by atoms with E-state index in [1.54, 1.807) is 0 Å². The molecule has 2 N–H and O–H groups in total. The molecule has 0 saturated carbocycles. The van der Waals surface area contributed by atoms with Crippen molar-refractivity contribution >= 4 is 0 Å². The first-order valence-electron chi connectivity index (χ1n) is 6.86. The first-order chi connectivity index (χ1) is 8.56. The molecule has 5 nitrogen and oxygen atoms in total. The van der Waals surface area contributed by atoms with Gasteiger partial charge in [-0.15, -0.1) is 0 Å². The summed E-state index contributed by atoms with van der Waals surface area (Å²) in [6.07, 6.45) is 1.50. The molecule has 0 spiro atoms. The molecule has 1 rings (SSSR count). The van der Waals surface area contributed by atoms with E-state index in [1.165, 1.54) is 0 Å². The molecule has 1 unspecified atom stereocenters. The first kappa shape index (κ1) is 15.1. The van der Waals surface area contributed by atoms with Gasteiger partial charge in [0.25, 0.3) is 0 Å². The Hall–Kier alpha value is -0.940. The minimum Gasteiger partial charge on any atom is -0.339 e. The van der Waals surface area contributed by atoms with Crippen LogP contribution >= 0.6 is 0 Å². The van der Waals surface area contributed by atoms with E-state index in [4.69, 9.17) is 10.3 Å². The maximum Gasteiger partial charge on any atom is 0.228 e. The second kappa shape index (κ2) is 7.48. The predicted octanol–water partition coefficient (Wildman–Crippen LogP) is 1.48. The van der Waals surface area contributed by atoms with Crippen LogP contribution in [0.3, 0.4) is 0 Å². The lowest BCUT2D eigenvalue weighted by Gasteiger charge is -2.16. The van der Waals surface area contributed by atoms with Gasteiger partial charge in [0.1, 0.15) is 0 Å². The van der Waals surface area contributed by atoms with E-state index in [1.807, 2.05) is 0 Å².